The highest BCUT2D eigenvalue weighted by atomic mass is 16.5. The van der Waals surface area contributed by atoms with E-state index in [0.717, 1.165) is 49.1 Å². The number of rotatable bonds is 5. The number of carbonyl (C=O) groups is 2. The fourth-order valence-corrected chi connectivity index (χ4v) is 5.61. The van der Waals surface area contributed by atoms with E-state index in [2.05, 4.69) is 17.0 Å². The molecular weight excluding hydrogens is 424 g/mol. The Kier molecular flexibility index (Phi) is 6.44. The summed E-state index contributed by atoms with van der Waals surface area (Å²) in [6, 6.07) is 15.8. The number of ether oxygens (including phenoxy) is 1. The number of para-hydroxylation sites is 1. The molecule has 5 rings (SSSR count). The molecule has 0 atom stereocenters. The first-order valence-electron chi connectivity index (χ1n) is 12.8. The van der Waals surface area contributed by atoms with E-state index < -0.39 is 0 Å². The van der Waals surface area contributed by atoms with Gasteiger partial charge in [0.25, 0.3) is 11.8 Å². The van der Waals surface area contributed by atoms with Gasteiger partial charge in [0.2, 0.25) is 0 Å². The monoisotopic (exact) mass is 458 g/mol. The summed E-state index contributed by atoms with van der Waals surface area (Å²) in [6.45, 7) is 4.70. The fourth-order valence-electron chi connectivity index (χ4n) is 5.61. The van der Waals surface area contributed by atoms with Gasteiger partial charge < -0.3 is 9.64 Å². The predicted octanol–water partition coefficient (Wildman–Crippen LogP) is 5.73. The molecular formula is C29H34N2O3. The summed E-state index contributed by atoms with van der Waals surface area (Å²) >= 11 is 0. The van der Waals surface area contributed by atoms with E-state index in [-0.39, 0.29) is 24.0 Å². The SMILES string of the molecule is CC(C)Oc1ccc(C2=C(N3CCc4ccccc43)C(=O)N(C3CCCCCCC3)C2=O)cc1. The minimum absolute atomic E-state index is 0.0193. The number of fused-ring (bicyclic) bond motifs is 1. The molecule has 0 bridgehead atoms. The molecule has 2 amide bonds. The molecule has 34 heavy (non-hydrogen) atoms. The van der Waals surface area contributed by atoms with E-state index in [1.54, 1.807) is 4.90 Å². The van der Waals surface area contributed by atoms with Gasteiger partial charge in [0, 0.05) is 18.3 Å². The van der Waals surface area contributed by atoms with Gasteiger partial charge in [0.15, 0.2) is 0 Å². The summed E-state index contributed by atoms with van der Waals surface area (Å²) < 4.78 is 5.81. The van der Waals surface area contributed by atoms with Gasteiger partial charge in [-0.1, -0.05) is 62.4 Å². The minimum atomic E-state index is -0.146. The molecule has 2 aromatic rings. The maximum atomic E-state index is 14.0. The first-order valence-corrected chi connectivity index (χ1v) is 12.8. The summed E-state index contributed by atoms with van der Waals surface area (Å²) in [6.07, 6.45) is 8.49. The molecule has 5 heteroatoms. The highest BCUT2D eigenvalue weighted by Gasteiger charge is 2.45. The lowest BCUT2D eigenvalue weighted by Gasteiger charge is -2.29. The second-order valence-corrected chi connectivity index (χ2v) is 9.92. The topological polar surface area (TPSA) is 49.9 Å². The van der Waals surface area contributed by atoms with E-state index in [4.69, 9.17) is 4.74 Å². The molecule has 0 unspecified atom stereocenters. The summed E-state index contributed by atoms with van der Waals surface area (Å²) in [4.78, 5) is 31.6. The number of anilines is 1. The number of amides is 2. The Balaban J connectivity index is 1.56. The van der Waals surface area contributed by atoms with Crippen LogP contribution in [0.25, 0.3) is 5.57 Å². The Labute approximate surface area is 202 Å². The molecule has 0 N–H and O–H groups in total. The van der Waals surface area contributed by atoms with Gasteiger partial charge in [-0.05, 0) is 62.4 Å². The number of imide groups is 1. The summed E-state index contributed by atoms with van der Waals surface area (Å²) in [5.74, 6) is 0.485. The molecule has 2 heterocycles. The van der Waals surface area contributed by atoms with Crippen LogP contribution in [0.2, 0.25) is 0 Å². The van der Waals surface area contributed by atoms with Crippen LogP contribution in [0, 0.1) is 0 Å². The summed E-state index contributed by atoms with van der Waals surface area (Å²) in [7, 11) is 0. The number of benzene rings is 2. The van der Waals surface area contributed by atoms with Gasteiger partial charge >= 0.3 is 0 Å². The van der Waals surface area contributed by atoms with Crippen LogP contribution >= 0.6 is 0 Å². The second kappa shape index (κ2) is 9.65. The maximum Gasteiger partial charge on any atom is 0.278 e. The van der Waals surface area contributed by atoms with Gasteiger partial charge in [0.05, 0.1) is 11.7 Å². The van der Waals surface area contributed by atoms with E-state index in [1.807, 2.05) is 50.2 Å². The molecule has 178 valence electrons. The molecule has 0 saturated heterocycles. The Morgan fingerprint density at radius 3 is 2.24 bits per heavy atom. The van der Waals surface area contributed by atoms with E-state index in [1.165, 1.54) is 24.8 Å². The van der Waals surface area contributed by atoms with Crippen molar-refractivity contribution in [3.05, 3.63) is 65.4 Å². The standard InChI is InChI=1S/C29H34N2O3/c1-20(2)34-24-16-14-22(15-17-24)26-27(30-19-18-21-10-8-9-13-25(21)30)29(33)31(28(26)32)23-11-6-4-3-5-7-12-23/h8-10,13-17,20,23H,3-7,11-12,18-19H2,1-2H3. The predicted molar refractivity (Wildman–Crippen MR) is 135 cm³/mol. The zero-order chi connectivity index (χ0) is 23.7. The van der Waals surface area contributed by atoms with Crippen molar-refractivity contribution in [2.24, 2.45) is 0 Å². The van der Waals surface area contributed by atoms with E-state index in [0.29, 0.717) is 17.8 Å². The zero-order valence-corrected chi connectivity index (χ0v) is 20.3. The van der Waals surface area contributed by atoms with Crippen LogP contribution < -0.4 is 9.64 Å². The third-order valence-corrected chi connectivity index (χ3v) is 7.20. The van der Waals surface area contributed by atoms with Crippen molar-refractivity contribution in [3.8, 4) is 5.75 Å². The van der Waals surface area contributed by atoms with Crippen molar-refractivity contribution < 1.29 is 14.3 Å². The van der Waals surface area contributed by atoms with Gasteiger partial charge in [-0.15, -0.1) is 0 Å². The van der Waals surface area contributed by atoms with E-state index in [9.17, 15) is 9.59 Å². The molecule has 2 aliphatic heterocycles. The summed E-state index contributed by atoms with van der Waals surface area (Å²) in [5.41, 5.74) is 4.10. The number of hydrogen-bond acceptors (Lipinski definition) is 4. The largest absolute Gasteiger partial charge is 0.491 e. The Morgan fingerprint density at radius 2 is 1.53 bits per heavy atom. The number of nitrogens with zero attached hydrogens (tertiary/aromatic N) is 2. The highest BCUT2D eigenvalue weighted by Crippen LogP contribution is 2.40. The van der Waals surface area contributed by atoms with Crippen LogP contribution in [0.5, 0.6) is 5.75 Å². The molecule has 0 aromatic heterocycles. The van der Waals surface area contributed by atoms with Gasteiger partial charge in [-0.3, -0.25) is 14.5 Å². The summed E-state index contributed by atoms with van der Waals surface area (Å²) in [5, 5.41) is 0. The maximum absolute atomic E-state index is 14.0. The average molecular weight is 459 g/mol. The fraction of sp³-hybridized carbons (Fsp3) is 0.448. The zero-order valence-electron chi connectivity index (χ0n) is 20.3. The normalized spacial score (nSPS) is 19.6. The van der Waals surface area contributed by atoms with E-state index >= 15 is 0 Å². The third kappa shape index (κ3) is 4.24. The molecule has 1 saturated carbocycles. The average Bonchev–Trinajstić information content (AvgIpc) is 3.32. The van der Waals surface area contributed by atoms with Gasteiger partial charge in [-0.25, -0.2) is 0 Å². The van der Waals surface area contributed by atoms with Crippen molar-refractivity contribution in [3.63, 3.8) is 0 Å². The molecule has 0 radical (unpaired) electrons. The van der Waals surface area contributed by atoms with Crippen LogP contribution in [-0.2, 0) is 16.0 Å². The minimum Gasteiger partial charge on any atom is -0.491 e. The highest BCUT2D eigenvalue weighted by molar-refractivity contribution is 6.37. The van der Waals surface area contributed by atoms with Crippen LogP contribution in [0.1, 0.15) is 69.9 Å². The molecule has 2 aromatic carbocycles. The van der Waals surface area contributed by atoms with Crippen molar-refractivity contribution in [1.82, 2.24) is 4.90 Å². The first-order chi connectivity index (χ1) is 16.5. The van der Waals surface area contributed by atoms with Gasteiger partial charge in [0.1, 0.15) is 11.4 Å². The van der Waals surface area contributed by atoms with Crippen LogP contribution in [0.4, 0.5) is 5.69 Å². The van der Waals surface area contributed by atoms with Crippen LogP contribution in [0.15, 0.2) is 54.2 Å². The quantitative estimate of drug-likeness (QED) is 0.537. The third-order valence-electron chi connectivity index (χ3n) is 7.20. The lowest BCUT2D eigenvalue weighted by Crippen LogP contribution is -2.42. The van der Waals surface area contributed by atoms with Crippen molar-refractivity contribution in [1.29, 1.82) is 0 Å². The Bertz CT molecular complexity index is 1090. The van der Waals surface area contributed by atoms with Crippen LogP contribution in [0.3, 0.4) is 0 Å². The smallest absolute Gasteiger partial charge is 0.278 e. The number of hydrogen-bond donors (Lipinski definition) is 0. The first kappa shape index (κ1) is 22.7. The molecule has 0 spiro atoms. The van der Waals surface area contributed by atoms with Crippen molar-refractivity contribution >= 4 is 23.1 Å². The molecule has 5 nitrogen and oxygen atoms in total. The van der Waals surface area contributed by atoms with Crippen LogP contribution in [-0.4, -0.2) is 35.4 Å². The van der Waals surface area contributed by atoms with Gasteiger partial charge in [-0.2, -0.15) is 0 Å². The number of carbonyl (C=O) groups excluding carboxylic acids is 2. The molecule has 3 aliphatic rings. The van der Waals surface area contributed by atoms with Crippen molar-refractivity contribution in [2.75, 3.05) is 11.4 Å². The Morgan fingerprint density at radius 1 is 0.853 bits per heavy atom. The Hall–Kier alpha value is -3.08. The molecule has 1 fully saturated rings. The lowest BCUT2D eigenvalue weighted by molar-refractivity contribution is -0.140. The van der Waals surface area contributed by atoms with Crippen molar-refractivity contribution in [2.45, 2.75) is 77.4 Å². The lowest BCUT2D eigenvalue weighted by atomic mass is 9.95. The molecule has 1 aliphatic carbocycles. The second-order valence-electron chi connectivity index (χ2n) is 9.92.